The maximum Gasteiger partial charge on any atom is 0.103 e. The lowest BCUT2D eigenvalue weighted by atomic mass is 10.1. The summed E-state index contributed by atoms with van der Waals surface area (Å²) in [6.45, 7) is 7.34. The van der Waals surface area contributed by atoms with Gasteiger partial charge in [-0.05, 0) is 36.8 Å². The van der Waals surface area contributed by atoms with Crippen molar-refractivity contribution >= 4 is 33.2 Å². The molecular formula is C19H22BrClN3+. The van der Waals surface area contributed by atoms with Gasteiger partial charge in [-0.3, -0.25) is 5.01 Å². The van der Waals surface area contributed by atoms with Gasteiger partial charge < -0.3 is 4.90 Å². The Morgan fingerprint density at radius 3 is 2.54 bits per heavy atom. The molecule has 5 heteroatoms. The molecular weight excluding hydrogens is 386 g/mol. The molecule has 0 saturated carbocycles. The van der Waals surface area contributed by atoms with Gasteiger partial charge in [0.15, 0.2) is 0 Å². The molecule has 1 fully saturated rings. The van der Waals surface area contributed by atoms with Gasteiger partial charge in [0, 0.05) is 15.1 Å². The van der Waals surface area contributed by atoms with Gasteiger partial charge in [-0.2, -0.15) is 5.10 Å². The molecule has 0 radical (unpaired) electrons. The summed E-state index contributed by atoms with van der Waals surface area (Å²) in [6.07, 6.45) is 0. The van der Waals surface area contributed by atoms with E-state index in [1.807, 2.05) is 24.3 Å². The molecule has 1 aliphatic rings. The number of nitrogens with one attached hydrogen (secondary N) is 1. The van der Waals surface area contributed by atoms with Crippen LogP contribution in [0.1, 0.15) is 18.1 Å². The third-order valence-electron chi connectivity index (χ3n) is 4.35. The Hall–Kier alpha value is -1.36. The quantitative estimate of drug-likeness (QED) is 0.772. The fraction of sp³-hybridized carbons (Fsp3) is 0.316. The second kappa shape index (κ2) is 8.15. The van der Waals surface area contributed by atoms with Crippen LogP contribution >= 0.6 is 27.5 Å². The van der Waals surface area contributed by atoms with E-state index in [4.69, 9.17) is 16.7 Å². The van der Waals surface area contributed by atoms with E-state index in [1.54, 1.807) is 4.90 Å². The number of hydrogen-bond acceptors (Lipinski definition) is 2. The predicted molar refractivity (Wildman–Crippen MR) is 104 cm³/mol. The molecule has 0 aromatic heterocycles. The van der Waals surface area contributed by atoms with Crippen LogP contribution in [0.15, 0.2) is 58.1 Å². The predicted octanol–water partition coefficient (Wildman–Crippen LogP) is 3.23. The molecule has 3 rings (SSSR count). The monoisotopic (exact) mass is 406 g/mol. The van der Waals surface area contributed by atoms with Gasteiger partial charge in [0.2, 0.25) is 0 Å². The highest BCUT2D eigenvalue weighted by atomic mass is 79.9. The lowest BCUT2D eigenvalue weighted by Crippen LogP contribution is -3.13. The molecule has 0 bridgehead atoms. The Morgan fingerprint density at radius 1 is 1.17 bits per heavy atom. The summed E-state index contributed by atoms with van der Waals surface area (Å²) < 4.78 is 1.09. The standard InChI is InChI=1S/C19H21BrClN3/c1-15(17-3-2-4-18(20)13-17)22-24-11-9-23(10-12-24)14-16-5-7-19(21)8-6-16/h2-8,13H,9-12,14H2,1H3/p+1/b22-15-. The van der Waals surface area contributed by atoms with Crippen LogP contribution in [0.3, 0.4) is 0 Å². The van der Waals surface area contributed by atoms with E-state index in [0.717, 1.165) is 47.9 Å². The van der Waals surface area contributed by atoms with Crippen molar-refractivity contribution in [1.82, 2.24) is 5.01 Å². The van der Waals surface area contributed by atoms with E-state index in [-0.39, 0.29) is 0 Å². The van der Waals surface area contributed by atoms with E-state index in [0.29, 0.717) is 0 Å². The minimum Gasteiger partial charge on any atom is -0.328 e. The highest BCUT2D eigenvalue weighted by Crippen LogP contribution is 2.13. The van der Waals surface area contributed by atoms with Gasteiger partial charge in [-0.1, -0.05) is 51.8 Å². The highest BCUT2D eigenvalue weighted by molar-refractivity contribution is 9.10. The van der Waals surface area contributed by atoms with E-state index < -0.39 is 0 Å². The summed E-state index contributed by atoms with van der Waals surface area (Å²) in [6, 6.07) is 16.5. The molecule has 2 aromatic carbocycles. The van der Waals surface area contributed by atoms with Crippen LogP contribution < -0.4 is 4.90 Å². The zero-order valence-electron chi connectivity index (χ0n) is 13.8. The Bertz CT molecular complexity index is 707. The molecule has 2 aromatic rings. The van der Waals surface area contributed by atoms with Crippen molar-refractivity contribution in [2.45, 2.75) is 13.5 Å². The summed E-state index contributed by atoms with van der Waals surface area (Å²) in [5, 5.41) is 7.80. The summed E-state index contributed by atoms with van der Waals surface area (Å²) in [5.41, 5.74) is 3.58. The third kappa shape index (κ3) is 4.82. The Labute approximate surface area is 157 Å². The van der Waals surface area contributed by atoms with Crippen molar-refractivity contribution in [3.05, 3.63) is 69.2 Å². The van der Waals surface area contributed by atoms with Crippen LogP contribution in [0.5, 0.6) is 0 Å². The van der Waals surface area contributed by atoms with E-state index >= 15 is 0 Å². The number of piperazine rings is 1. The van der Waals surface area contributed by atoms with Crippen LogP contribution in [-0.2, 0) is 6.54 Å². The number of benzene rings is 2. The summed E-state index contributed by atoms with van der Waals surface area (Å²) in [5.74, 6) is 0. The fourth-order valence-corrected chi connectivity index (χ4v) is 3.49. The zero-order valence-corrected chi connectivity index (χ0v) is 16.1. The molecule has 24 heavy (non-hydrogen) atoms. The zero-order chi connectivity index (χ0) is 16.9. The number of hydrazone groups is 1. The minimum absolute atomic E-state index is 0.802. The number of halogens is 2. The number of rotatable bonds is 4. The van der Waals surface area contributed by atoms with E-state index in [1.165, 1.54) is 11.1 Å². The molecule has 0 atom stereocenters. The molecule has 0 aliphatic carbocycles. The van der Waals surface area contributed by atoms with Crippen LogP contribution in [0.4, 0.5) is 0 Å². The highest BCUT2D eigenvalue weighted by Gasteiger charge is 2.19. The van der Waals surface area contributed by atoms with Crippen molar-refractivity contribution < 1.29 is 4.90 Å². The number of nitrogens with zero attached hydrogens (tertiary/aromatic N) is 2. The first kappa shape index (κ1) is 17.5. The fourth-order valence-electron chi connectivity index (χ4n) is 2.96. The second-order valence-electron chi connectivity index (χ2n) is 6.20. The van der Waals surface area contributed by atoms with Crippen molar-refractivity contribution in [3.63, 3.8) is 0 Å². The maximum atomic E-state index is 5.95. The van der Waals surface area contributed by atoms with Gasteiger partial charge in [0.25, 0.3) is 0 Å². The number of quaternary nitrogens is 1. The molecule has 1 heterocycles. The maximum absolute atomic E-state index is 5.95. The molecule has 3 nitrogen and oxygen atoms in total. The lowest BCUT2D eigenvalue weighted by Gasteiger charge is -2.31. The molecule has 1 saturated heterocycles. The van der Waals surface area contributed by atoms with Crippen molar-refractivity contribution in [2.24, 2.45) is 5.10 Å². The van der Waals surface area contributed by atoms with Gasteiger partial charge >= 0.3 is 0 Å². The summed E-state index contributed by atoms with van der Waals surface area (Å²) >= 11 is 9.47. The summed E-state index contributed by atoms with van der Waals surface area (Å²) in [7, 11) is 0. The molecule has 0 amide bonds. The molecule has 0 unspecified atom stereocenters. The third-order valence-corrected chi connectivity index (χ3v) is 5.09. The Kier molecular flexibility index (Phi) is 5.93. The first-order valence-corrected chi connectivity index (χ1v) is 9.41. The minimum atomic E-state index is 0.802. The summed E-state index contributed by atoms with van der Waals surface area (Å²) in [4.78, 5) is 1.60. The van der Waals surface area contributed by atoms with Crippen molar-refractivity contribution in [1.29, 1.82) is 0 Å². The first-order valence-electron chi connectivity index (χ1n) is 8.24. The van der Waals surface area contributed by atoms with Crippen LogP contribution in [0, 0.1) is 0 Å². The lowest BCUT2D eigenvalue weighted by molar-refractivity contribution is -0.918. The SMILES string of the molecule is C/C(=N/N1CC[NH+](Cc2ccc(Cl)cc2)CC1)c1cccc(Br)c1. The van der Waals surface area contributed by atoms with Gasteiger partial charge in [0.1, 0.15) is 6.54 Å². The van der Waals surface area contributed by atoms with Crippen LogP contribution in [0.2, 0.25) is 5.02 Å². The van der Waals surface area contributed by atoms with Crippen molar-refractivity contribution in [3.8, 4) is 0 Å². The molecule has 1 N–H and O–H groups in total. The molecule has 126 valence electrons. The largest absolute Gasteiger partial charge is 0.328 e. The smallest absolute Gasteiger partial charge is 0.103 e. The van der Waals surface area contributed by atoms with Crippen LogP contribution in [0.25, 0.3) is 0 Å². The van der Waals surface area contributed by atoms with E-state index in [2.05, 4.69) is 52.1 Å². The molecule has 0 spiro atoms. The normalized spacial score (nSPS) is 16.5. The average molecular weight is 408 g/mol. The van der Waals surface area contributed by atoms with E-state index in [9.17, 15) is 0 Å². The topological polar surface area (TPSA) is 20.0 Å². The average Bonchev–Trinajstić information content (AvgIpc) is 2.59. The van der Waals surface area contributed by atoms with Crippen LogP contribution in [-0.4, -0.2) is 36.9 Å². The first-order chi connectivity index (χ1) is 11.6. The van der Waals surface area contributed by atoms with Gasteiger partial charge in [0.05, 0.1) is 31.9 Å². The Balaban J connectivity index is 1.55. The molecule has 1 aliphatic heterocycles. The Morgan fingerprint density at radius 2 is 1.88 bits per heavy atom. The van der Waals surface area contributed by atoms with Gasteiger partial charge in [-0.25, -0.2) is 0 Å². The number of hydrogen-bond donors (Lipinski definition) is 1. The second-order valence-corrected chi connectivity index (χ2v) is 7.55. The van der Waals surface area contributed by atoms with Gasteiger partial charge in [-0.15, -0.1) is 0 Å². The van der Waals surface area contributed by atoms with Crippen molar-refractivity contribution in [2.75, 3.05) is 26.2 Å².